The van der Waals surface area contributed by atoms with Crippen molar-refractivity contribution < 1.29 is 9.53 Å². The Balaban J connectivity index is 2.69. The fraction of sp³-hybridized carbons (Fsp3) is 0.846. The third kappa shape index (κ3) is 3.27. The van der Waals surface area contributed by atoms with Gasteiger partial charge in [-0.15, -0.1) is 0 Å². The van der Waals surface area contributed by atoms with Crippen molar-refractivity contribution in [1.29, 1.82) is 0 Å². The molecule has 92 valence electrons. The van der Waals surface area contributed by atoms with E-state index in [0.29, 0.717) is 12.5 Å². The zero-order chi connectivity index (χ0) is 12.3. The van der Waals surface area contributed by atoms with E-state index >= 15 is 0 Å². The number of ether oxygens (including phenoxy) is 1. The predicted octanol–water partition coefficient (Wildman–Crippen LogP) is 3.38. The summed E-state index contributed by atoms with van der Waals surface area (Å²) >= 11 is 5.29. The molecule has 16 heavy (non-hydrogen) atoms. The van der Waals surface area contributed by atoms with E-state index < -0.39 is 0 Å². The SMILES string of the molecule is CCOC(=O)C1CC(C(C)(C)C)CCC1=S. The Hall–Kier alpha value is -0.440. The van der Waals surface area contributed by atoms with E-state index in [4.69, 9.17) is 17.0 Å². The zero-order valence-corrected chi connectivity index (χ0v) is 11.5. The molecule has 1 saturated carbocycles. The lowest BCUT2D eigenvalue weighted by atomic mass is 9.69. The second-order valence-electron chi connectivity index (χ2n) is 5.61. The maximum Gasteiger partial charge on any atom is 0.313 e. The summed E-state index contributed by atoms with van der Waals surface area (Å²) in [6.45, 7) is 8.97. The first-order chi connectivity index (χ1) is 7.36. The number of carbonyl (C=O) groups is 1. The van der Waals surface area contributed by atoms with Crippen LogP contribution in [0.1, 0.15) is 47.0 Å². The number of thiocarbonyl (C=S) groups is 1. The molecule has 0 aromatic rings. The maximum absolute atomic E-state index is 11.8. The summed E-state index contributed by atoms with van der Waals surface area (Å²) in [4.78, 5) is 12.7. The van der Waals surface area contributed by atoms with Crippen LogP contribution < -0.4 is 0 Å². The van der Waals surface area contributed by atoms with E-state index in [9.17, 15) is 4.79 Å². The van der Waals surface area contributed by atoms with Gasteiger partial charge in [-0.1, -0.05) is 33.0 Å². The highest BCUT2D eigenvalue weighted by atomic mass is 32.1. The van der Waals surface area contributed by atoms with Crippen molar-refractivity contribution in [3.8, 4) is 0 Å². The molecule has 0 N–H and O–H groups in total. The zero-order valence-electron chi connectivity index (χ0n) is 10.7. The second-order valence-corrected chi connectivity index (χ2v) is 6.13. The van der Waals surface area contributed by atoms with Crippen LogP contribution in [0.25, 0.3) is 0 Å². The summed E-state index contributed by atoms with van der Waals surface area (Å²) in [5, 5.41) is 0. The molecule has 2 unspecified atom stereocenters. The molecule has 3 heteroatoms. The molecule has 1 aliphatic carbocycles. The first-order valence-corrected chi connectivity index (χ1v) is 6.46. The third-order valence-corrected chi connectivity index (χ3v) is 3.93. The lowest BCUT2D eigenvalue weighted by Crippen LogP contribution is -2.36. The van der Waals surface area contributed by atoms with E-state index in [0.717, 1.165) is 24.1 Å². The topological polar surface area (TPSA) is 26.3 Å². The largest absolute Gasteiger partial charge is 0.466 e. The number of carbonyl (C=O) groups excluding carboxylic acids is 1. The number of hydrogen-bond donors (Lipinski definition) is 0. The normalized spacial score (nSPS) is 26.6. The first kappa shape index (κ1) is 13.6. The highest BCUT2D eigenvalue weighted by Crippen LogP contribution is 2.39. The van der Waals surface area contributed by atoms with E-state index in [1.807, 2.05) is 6.92 Å². The molecule has 2 atom stereocenters. The van der Waals surface area contributed by atoms with Gasteiger partial charge in [0.15, 0.2) is 0 Å². The van der Waals surface area contributed by atoms with Gasteiger partial charge in [0, 0.05) is 4.86 Å². The van der Waals surface area contributed by atoms with Gasteiger partial charge < -0.3 is 4.74 Å². The Morgan fingerprint density at radius 2 is 2.12 bits per heavy atom. The van der Waals surface area contributed by atoms with E-state index in [1.54, 1.807) is 0 Å². The molecule has 1 aliphatic rings. The van der Waals surface area contributed by atoms with Gasteiger partial charge >= 0.3 is 5.97 Å². The van der Waals surface area contributed by atoms with Crippen LogP contribution in [0.3, 0.4) is 0 Å². The van der Waals surface area contributed by atoms with Crippen LogP contribution in [0.2, 0.25) is 0 Å². The molecule has 1 fully saturated rings. The minimum atomic E-state index is -0.145. The Morgan fingerprint density at radius 1 is 1.50 bits per heavy atom. The number of esters is 1. The summed E-state index contributed by atoms with van der Waals surface area (Å²) < 4.78 is 5.09. The van der Waals surface area contributed by atoms with Crippen molar-refractivity contribution in [3.05, 3.63) is 0 Å². The van der Waals surface area contributed by atoms with Crippen LogP contribution >= 0.6 is 12.2 Å². The minimum Gasteiger partial charge on any atom is -0.466 e. The molecule has 0 radical (unpaired) electrons. The molecule has 0 spiro atoms. The van der Waals surface area contributed by atoms with Gasteiger partial charge in [-0.2, -0.15) is 0 Å². The van der Waals surface area contributed by atoms with Gasteiger partial charge in [0.25, 0.3) is 0 Å². The van der Waals surface area contributed by atoms with Crippen LogP contribution in [0.4, 0.5) is 0 Å². The summed E-state index contributed by atoms with van der Waals surface area (Å²) in [5.74, 6) is 0.294. The standard InChI is InChI=1S/C13H22O2S/c1-5-15-12(14)10-8-9(13(2,3)4)6-7-11(10)16/h9-10H,5-8H2,1-4H3. The van der Waals surface area contributed by atoms with Gasteiger partial charge in [-0.05, 0) is 37.5 Å². The second kappa shape index (κ2) is 5.26. The predicted molar refractivity (Wildman–Crippen MR) is 69.5 cm³/mol. The van der Waals surface area contributed by atoms with Gasteiger partial charge in [0.05, 0.1) is 12.5 Å². The van der Waals surface area contributed by atoms with Crippen molar-refractivity contribution in [2.75, 3.05) is 6.61 Å². The minimum absolute atomic E-state index is 0.124. The van der Waals surface area contributed by atoms with Crippen LogP contribution in [0, 0.1) is 17.3 Å². The average Bonchev–Trinajstić information content (AvgIpc) is 2.16. The van der Waals surface area contributed by atoms with Crippen molar-refractivity contribution in [1.82, 2.24) is 0 Å². The van der Waals surface area contributed by atoms with Gasteiger partial charge in [0.1, 0.15) is 0 Å². The van der Waals surface area contributed by atoms with E-state index in [2.05, 4.69) is 20.8 Å². The van der Waals surface area contributed by atoms with Crippen molar-refractivity contribution >= 4 is 23.1 Å². The summed E-state index contributed by atoms with van der Waals surface area (Å²) in [6, 6.07) is 0. The Bertz CT molecular complexity index is 278. The number of rotatable bonds is 2. The Kier molecular flexibility index (Phi) is 4.48. The molecule has 0 aliphatic heterocycles. The van der Waals surface area contributed by atoms with Crippen LogP contribution in [-0.2, 0) is 9.53 Å². The first-order valence-electron chi connectivity index (χ1n) is 6.05. The van der Waals surface area contributed by atoms with E-state index in [-0.39, 0.29) is 17.3 Å². The van der Waals surface area contributed by atoms with Crippen LogP contribution in [-0.4, -0.2) is 17.4 Å². The van der Waals surface area contributed by atoms with Crippen LogP contribution in [0.15, 0.2) is 0 Å². The molecular weight excluding hydrogens is 220 g/mol. The van der Waals surface area contributed by atoms with Crippen molar-refractivity contribution in [3.63, 3.8) is 0 Å². The monoisotopic (exact) mass is 242 g/mol. The molecule has 0 heterocycles. The highest BCUT2D eigenvalue weighted by Gasteiger charge is 2.36. The molecule has 0 aromatic heterocycles. The fourth-order valence-corrected chi connectivity index (χ4v) is 2.59. The third-order valence-electron chi connectivity index (χ3n) is 3.44. The molecule has 0 amide bonds. The smallest absolute Gasteiger partial charge is 0.313 e. The molecular formula is C13H22O2S. The molecule has 0 aromatic carbocycles. The molecule has 0 saturated heterocycles. The lowest BCUT2D eigenvalue weighted by Gasteiger charge is -2.37. The Labute approximate surface area is 104 Å². The van der Waals surface area contributed by atoms with Crippen LogP contribution in [0.5, 0.6) is 0 Å². The van der Waals surface area contributed by atoms with Gasteiger partial charge in [-0.3, -0.25) is 4.79 Å². The number of hydrogen-bond acceptors (Lipinski definition) is 3. The van der Waals surface area contributed by atoms with E-state index in [1.165, 1.54) is 0 Å². The fourth-order valence-electron chi connectivity index (χ4n) is 2.28. The van der Waals surface area contributed by atoms with Crippen molar-refractivity contribution in [2.24, 2.45) is 17.3 Å². The maximum atomic E-state index is 11.8. The quantitative estimate of drug-likeness (QED) is 0.548. The molecule has 1 rings (SSSR count). The average molecular weight is 242 g/mol. The Morgan fingerprint density at radius 3 is 2.62 bits per heavy atom. The molecule has 0 bridgehead atoms. The van der Waals surface area contributed by atoms with Gasteiger partial charge in [0.2, 0.25) is 0 Å². The molecule has 2 nitrogen and oxygen atoms in total. The highest BCUT2D eigenvalue weighted by molar-refractivity contribution is 7.80. The lowest BCUT2D eigenvalue weighted by molar-refractivity contribution is -0.146. The van der Waals surface area contributed by atoms with Crippen molar-refractivity contribution in [2.45, 2.75) is 47.0 Å². The van der Waals surface area contributed by atoms with Gasteiger partial charge in [-0.25, -0.2) is 0 Å². The summed E-state index contributed by atoms with van der Waals surface area (Å²) in [5.41, 5.74) is 0.251. The summed E-state index contributed by atoms with van der Waals surface area (Å²) in [6.07, 6.45) is 2.86. The summed E-state index contributed by atoms with van der Waals surface area (Å²) in [7, 11) is 0.